The monoisotopic (exact) mass is 274 g/mol. The standard InChI is InChI=1S/C13H17F3N2O/c1-17-9-3-4-12(19)18(2)11-7-5-10(6-8-11)13(14,15)16/h5-8,17H,3-4,9H2,1-2H3. The second-order valence-corrected chi connectivity index (χ2v) is 4.20. The highest BCUT2D eigenvalue weighted by Gasteiger charge is 2.30. The van der Waals surface area contributed by atoms with Gasteiger partial charge in [0.05, 0.1) is 5.56 Å². The number of nitrogens with zero attached hydrogens (tertiary/aromatic N) is 1. The minimum atomic E-state index is -4.35. The average Bonchev–Trinajstić information content (AvgIpc) is 2.37. The molecule has 1 rings (SSSR count). The van der Waals surface area contributed by atoms with E-state index in [2.05, 4.69) is 5.32 Å². The number of benzene rings is 1. The summed E-state index contributed by atoms with van der Waals surface area (Å²) in [6.07, 6.45) is -3.30. The van der Waals surface area contributed by atoms with Crippen LogP contribution in [0.3, 0.4) is 0 Å². The SMILES string of the molecule is CNCCCC(=O)N(C)c1ccc(C(F)(F)F)cc1. The van der Waals surface area contributed by atoms with Gasteiger partial charge in [-0.25, -0.2) is 0 Å². The Labute approximate surface area is 110 Å². The summed E-state index contributed by atoms with van der Waals surface area (Å²) in [4.78, 5) is 13.1. The number of carbonyl (C=O) groups is 1. The second kappa shape index (κ2) is 6.56. The van der Waals surface area contributed by atoms with E-state index in [4.69, 9.17) is 0 Å². The molecule has 1 amide bonds. The van der Waals surface area contributed by atoms with E-state index in [9.17, 15) is 18.0 Å². The molecule has 0 aliphatic heterocycles. The smallest absolute Gasteiger partial charge is 0.320 e. The lowest BCUT2D eigenvalue weighted by Crippen LogP contribution is -2.26. The fourth-order valence-electron chi connectivity index (χ4n) is 1.60. The lowest BCUT2D eigenvalue weighted by atomic mass is 10.2. The number of nitrogens with one attached hydrogen (secondary N) is 1. The van der Waals surface area contributed by atoms with Crippen molar-refractivity contribution >= 4 is 11.6 Å². The molecule has 0 aromatic heterocycles. The number of carbonyl (C=O) groups excluding carboxylic acids is 1. The van der Waals surface area contributed by atoms with E-state index < -0.39 is 11.7 Å². The molecular weight excluding hydrogens is 257 g/mol. The van der Waals surface area contributed by atoms with E-state index in [0.29, 0.717) is 18.5 Å². The van der Waals surface area contributed by atoms with Crippen LogP contribution in [-0.4, -0.2) is 26.5 Å². The van der Waals surface area contributed by atoms with Crippen LogP contribution >= 0.6 is 0 Å². The van der Waals surface area contributed by atoms with Gasteiger partial charge in [0, 0.05) is 19.2 Å². The van der Waals surface area contributed by atoms with E-state index in [1.54, 1.807) is 14.1 Å². The Balaban J connectivity index is 2.67. The number of halogens is 3. The Hall–Kier alpha value is -1.56. The van der Waals surface area contributed by atoms with Gasteiger partial charge in [-0.2, -0.15) is 13.2 Å². The van der Waals surface area contributed by atoms with Crippen molar-refractivity contribution in [2.75, 3.05) is 25.5 Å². The van der Waals surface area contributed by atoms with Crippen molar-refractivity contribution in [1.82, 2.24) is 5.32 Å². The molecule has 0 saturated heterocycles. The highest BCUT2D eigenvalue weighted by Crippen LogP contribution is 2.30. The van der Waals surface area contributed by atoms with Gasteiger partial charge in [0.2, 0.25) is 5.91 Å². The topological polar surface area (TPSA) is 32.3 Å². The Kier molecular flexibility index (Phi) is 5.35. The highest BCUT2D eigenvalue weighted by molar-refractivity contribution is 5.92. The van der Waals surface area contributed by atoms with Crippen LogP contribution in [-0.2, 0) is 11.0 Å². The van der Waals surface area contributed by atoms with Crippen molar-refractivity contribution in [2.24, 2.45) is 0 Å². The van der Waals surface area contributed by atoms with Crippen LogP contribution in [0.4, 0.5) is 18.9 Å². The van der Waals surface area contributed by atoms with E-state index in [-0.39, 0.29) is 5.91 Å². The van der Waals surface area contributed by atoms with Crippen molar-refractivity contribution < 1.29 is 18.0 Å². The summed E-state index contributed by atoms with van der Waals surface area (Å²) in [5.41, 5.74) is -0.255. The van der Waals surface area contributed by atoms with E-state index >= 15 is 0 Å². The van der Waals surface area contributed by atoms with Gasteiger partial charge in [0.15, 0.2) is 0 Å². The maximum Gasteiger partial charge on any atom is 0.416 e. The number of hydrogen-bond acceptors (Lipinski definition) is 2. The van der Waals surface area contributed by atoms with Crippen molar-refractivity contribution in [2.45, 2.75) is 19.0 Å². The Morgan fingerprint density at radius 3 is 2.32 bits per heavy atom. The zero-order valence-electron chi connectivity index (χ0n) is 10.9. The third kappa shape index (κ3) is 4.55. The summed E-state index contributed by atoms with van der Waals surface area (Å²) < 4.78 is 37.2. The van der Waals surface area contributed by atoms with Crippen LogP contribution < -0.4 is 10.2 Å². The van der Waals surface area contributed by atoms with Crippen LogP contribution in [0.2, 0.25) is 0 Å². The summed E-state index contributed by atoms with van der Waals surface area (Å²) in [6, 6.07) is 4.57. The number of rotatable bonds is 5. The molecule has 0 heterocycles. The number of hydrogen-bond donors (Lipinski definition) is 1. The molecule has 0 atom stereocenters. The fourth-order valence-corrected chi connectivity index (χ4v) is 1.60. The number of anilines is 1. The summed E-state index contributed by atoms with van der Waals surface area (Å²) in [5.74, 6) is -0.116. The van der Waals surface area contributed by atoms with Crippen molar-refractivity contribution in [3.8, 4) is 0 Å². The first-order chi connectivity index (χ1) is 8.86. The molecule has 19 heavy (non-hydrogen) atoms. The van der Waals surface area contributed by atoms with E-state index in [0.717, 1.165) is 18.7 Å². The molecule has 0 fully saturated rings. The van der Waals surface area contributed by atoms with E-state index in [1.165, 1.54) is 17.0 Å². The summed E-state index contributed by atoms with van der Waals surface area (Å²) in [5, 5.41) is 2.93. The van der Waals surface area contributed by atoms with Gasteiger partial charge in [0.1, 0.15) is 0 Å². The zero-order chi connectivity index (χ0) is 14.5. The Morgan fingerprint density at radius 2 is 1.84 bits per heavy atom. The van der Waals surface area contributed by atoms with Crippen LogP contribution in [0.15, 0.2) is 24.3 Å². The molecule has 6 heteroatoms. The van der Waals surface area contributed by atoms with E-state index in [1.807, 2.05) is 0 Å². The maximum absolute atomic E-state index is 12.4. The van der Waals surface area contributed by atoms with Crippen molar-refractivity contribution in [3.05, 3.63) is 29.8 Å². The van der Waals surface area contributed by atoms with Gasteiger partial charge in [-0.1, -0.05) is 0 Å². The zero-order valence-corrected chi connectivity index (χ0v) is 10.9. The molecule has 0 spiro atoms. The molecular formula is C13H17F3N2O. The lowest BCUT2D eigenvalue weighted by Gasteiger charge is -2.18. The molecule has 1 N–H and O–H groups in total. The molecule has 0 unspecified atom stereocenters. The molecule has 106 valence electrons. The van der Waals surface area contributed by atoms with Gasteiger partial charge in [-0.3, -0.25) is 4.79 Å². The molecule has 0 radical (unpaired) electrons. The molecule has 0 aliphatic rings. The van der Waals surface area contributed by atoms with Gasteiger partial charge in [-0.15, -0.1) is 0 Å². The minimum Gasteiger partial charge on any atom is -0.320 e. The average molecular weight is 274 g/mol. The minimum absolute atomic E-state index is 0.116. The third-order valence-electron chi connectivity index (χ3n) is 2.77. The maximum atomic E-state index is 12.4. The van der Waals surface area contributed by atoms with Crippen molar-refractivity contribution in [3.63, 3.8) is 0 Å². The third-order valence-corrected chi connectivity index (χ3v) is 2.77. The predicted molar refractivity (Wildman–Crippen MR) is 68.0 cm³/mol. The molecule has 3 nitrogen and oxygen atoms in total. The van der Waals surface area contributed by atoms with Gasteiger partial charge < -0.3 is 10.2 Å². The lowest BCUT2D eigenvalue weighted by molar-refractivity contribution is -0.137. The second-order valence-electron chi connectivity index (χ2n) is 4.20. The largest absolute Gasteiger partial charge is 0.416 e. The molecule has 1 aromatic rings. The van der Waals surface area contributed by atoms with Crippen LogP contribution in [0.5, 0.6) is 0 Å². The quantitative estimate of drug-likeness (QED) is 0.837. The molecule has 0 aliphatic carbocycles. The Morgan fingerprint density at radius 1 is 1.26 bits per heavy atom. The predicted octanol–water partition coefficient (Wildman–Crippen LogP) is 2.67. The first-order valence-corrected chi connectivity index (χ1v) is 5.94. The molecule has 0 bridgehead atoms. The summed E-state index contributed by atoms with van der Waals surface area (Å²) in [6.45, 7) is 0.729. The van der Waals surface area contributed by atoms with Crippen LogP contribution in [0.1, 0.15) is 18.4 Å². The molecule has 1 aromatic carbocycles. The summed E-state index contributed by atoms with van der Waals surface area (Å²) >= 11 is 0. The molecule has 0 saturated carbocycles. The number of amides is 1. The normalized spacial score (nSPS) is 11.4. The van der Waals surface area contributed by atoms with Gasteiger partial charge in [-0.05, 0) is 44.3 Å². The van der Waals surface area contributed by atoms with Gasteiger partial charge in [0.25, 0.3) is 0 Å². The summed E-state index contributed by atoms with van der Waals surface area (Å²) in [7, 11) is 3.36. The first kappa shape index (κ1) is 15.5. The first-order valence-electron chi connectivity index (χ1n) is 5.94. The Bertz CT molecular complexity index is 415. The van der Waals surface area contributed by atoms with Gasteiger partial charge >= 0.3 is 6.18 Å². The van der Waals surface area contributed by atoms with Crippen LogP contribution in [0.25, 0.3) is 0 Å². The van der Waals surface area contributed by atoms with Crippen molar-refractivity contribution in [1.29, 1.82) is 0 Å². The van der Waals surface area contributed by atoms with Crippen LogP contribution in [0, 0.1) is 0 Å². The highest BCUT2D eigenvalue weighted by atomic mass is 19.4. The number of alkyl halides is 3. The fraction of sp³-hybridized carbons (Fsp3) is 0.462.